The van der Waals surface area contributed by atoms with E-state index in [1.54, 1.807) is 6.07 Å². The molecular weight excluding hydrogens is 976 g/mol. The quantitative estimate of drug-likeness (QED) is 0.162. The minimum atomic E-state index is -0.0490. The first-order valence-corrected chi connectivity index (χ1v) is 21.9. The van der Waals surface area contributed by atoms with E-state index < -0.39 is 0 Å². The molecule has 65 heavy (non-hydrogen) atoms. The first-order chi connectivity index (χ1) is 30.9. The van der Waals surface area contributed by atoms with Crippen molar-refractivity contribution < 1.29 is 26.2 Å². The number of nitrogens with zero attached hydrogens (tertiary/aromatic N) is 4. The van der Waals surface area contributed by atoms with E-state index in [0.29, 0.717) is 11.3 Å². The van der Waals surface area contributed by atoms with Gasteiger partial charge < -0.3 is 9.67 Å². The predicted molar refractivity (Wildman–Crippen MR) is 265 cm³/mol. The van der Waals surface area contributed by atoms with Crippen LogP contribution in [0.15, 0.2) is 182 Å². The Kier molecular flexibility index (Phi) is 11.5. The standard InChI is InChI=1S/C59H49N4O.Pt/c1-58(2,3)44-31-42(32-45(37-44)59(4,5)6)43-34-53(62-54(35-43)49-21-8-10-26-57(49)64)39-17-13-16-38(30-39)51-23-15-24-52(61-51)41-27-28-48-47-20-7-9-25-55(47)63(56(48)36-41)46-19-14-18-40(33-46)50-22-11-12-29-60-50;/h7-29,31-37,64H,1-6H3;/q-1;. The Balaban J connectivity index is 0.00000533. The second-order valence-electron chi connectivity index (χ2n) is 18.7. The van der Waals surface area contributed by atoms with E-state index in [1.807, 2.05) is 54.7 Å². The van der Waals surface area contributed by atoms with Gasteiger partial charge in [0.05, 0.1) is 28.1 Å². The molecule has 0 aliphatic carbocycles. The van der Waals surface area contributed by atoms with Crippen LogP contribution < -0.4 is 0 Å². The maximum Gasteiger partial charge on any atom is 0.124 e. The van der Waals surface area contributed by atoms with E-state index in [2.05, 4.69) is 178 Å². The van der Waals surface area contributed by atoms with Gasteiger partial charge in [0, 0.05) is 71.8 Å². The second kappa shape index (κ2) is 17.2. The van der Waals surface area contributed by atoms with E-state index in [4.69, 9.17) is 9.97 Å². The number of phenolic OH excluding ortho intramolecular Hbond substituents is 1. The van der Waals surface area contributed by atoms with E-state index in [1.165, 1.54) is 21.9 Å². The number of benzene rings is 6. The first kappa shape index (κ1) is 43.3. The SMILES string of the molecule is CC(C)(C)c1cc(-c2cc(-c3[c-]c(-c4cccc(-c5ccc6c7ccccc7n(-c7cccc(-c8ccccn8)c7)c6c5)n4)ccc3)nc(-c3ccccc3O)c2)cc(C(C)(C)C)c1.[Pt]. The maximum absolute atomic E-state index is 11.1. The van der Waals surface area contributed by atoms with Crippen molar-refractivity contribution in [1.29, 1.82) is 0 Å². The Morgan fingerprint density at radius 2 is 1.05 bits per heavy atom. The van der Waals surface area contributed by atoms with Crippen molar-refractivity contribution in [3.05, 3.63) is 199 Å². The fourth-order valence-electron chi connectivity index (χ4n) is 8.58. The molecule has 0 saturated heterocycles. The van der Waals surface area contributed by atoms with Crippen molar-refractivity contribution in [3.63, 3.8) is 0 Å². The smallest absolute Gasteiger partial charge is 0.124 e. The van der Waals surface area contributed by atoms with Crippen LogP contribution >= 0.6 is 0 Å². The van der Waals surface area contributed by atoms with Gasteiger partial charge >= 0.3 is 0 Å². The van der Waals surface area contributed by atoms with Crippen LogP contribution in [0, 0.1) is 6.07 Å². The molecule has 4 aromatic heterocycles. The zero-order chi connectivity index (χ0) is 44.2. The number of rotatable bonds is 7. The molecule has 0 aliphatic rings. The summed E-state index contributed by atoms with van der Waals surface area (Å²) < 4.78 is 2.34. The van der Waals surface area contributed by atoms with Crippen molar-refractivity contribution in [1.82, 2.24) is 19.5 Å². The third-order valence-corrected chi connectivity index (χ3v) is 12.1. The predicted octanol–water partition coefficient (Wildman–Crippen LogP) is 15.1. The van der Waals surface area contributed by atoms with Crippen molar-refractivity contribution in [2.24, 2.45) is 0 Å². The van der Waals surface area contributed by atoms with Crippen LogP contribution in [0.5, 0.6) is 5.75 Å². The molecule has 4 heterocycles. The van der Waals surface area contributed by atoms with Crippen LogP contribution in [0.25, 0.3) is 94.9 Å². The van der Waals surface area contributed by atoms with Gasteiger partial charge in [-0.15, -0.1) is 24.3 Å². The molecule has 0 aliphatic heterocycles. The number of phenols is 1. The summed E-state index contributed by atoms with van der Waals surface area (Å²) in [4.78, 5) is 15.1. The van der Waals surface area contributed by atoms with E-state index >= 15 is 0 Å². The molecule has 0 atom stereocenters. The van der Waals surface area contributed by atoms with Gasteiger partial charge in [-0.05, 0) is 93.7 Å². The minimum Gasteiger partial charge on any atom is -0.507 e. The summed E-state index contributed by atoms with van der Waals surface area (Å²) in [7, 11) is 0. The molecule has 6 aromatic carbocycles. The topological polar surface area (TPSA) is 63.8 Å². The van der Waals surface area contributed by atoms with Crippen molar-refractivity contribution in [2.45, 2.75) is 52.4 Å². The monoisotopic (exact) mass is 1020 g/mol. The Morgan fingerprint density at radius 3 is 1.80 bits per heavy atom. The number of pyridine rings is 3. The van der Waals surface area contributed by atoms with Gasteiger partial charge in [-0.2, -0.15) is 0 Å². The maximum atomic E-state index is 11.1. The molecule has 10 rings (SSSR count). The zero-order valence-corrected chi connectivity index (χ0v) is 39.6. The Morgan fingerprint density at radius 1 is 0.446 bits per heavy atom. The third-order valence-electron chi connectivity index (χ3n) is 12.1. The Labute approximate surface area is 395 Å². The molecule has 0 spiro atoms. The molecule has 0 unspecified atom stereocenters. The number of hydrogen-bond acceptors (Lipinski definition) is 4. The first-order valence-electron chi connectivity index (χ1n) is 21.9. The van der Waals surface area contributed by atoms with Gasteiger partial charge in [0.2, 0.25) is 0 Å². The minimum absolute atomic E-state index is 0. The third kappa shape index (κ3) is 8.57. The molecule has 0 amide bonds. The Hall–Kier alpha value is -6.94. The van der Waals surface area contributed by atoms with Gasteiger partial charge in [0.15, 0.2) is 0 Å². The van der Waals surface area contributed by atoms with Gasteiger partial charge in [-0.3, -0.25) is 15.0 Å². The second-order valence-corrected chi connectivity index (χ2v) is 18.7. The molecule has 322 valence electrons. The number of fused-ring (bicyclic) bond motifs is 3. The average Bonchev–Trinajstić information content (AvgIpc) is 3.65. The molecular formula is C59H49N4OPt-. The average molecular weight is 1030 g/mol. The fourth-order valence-corrected chi connectivity index (χ4v) is 8.58. The van der Waals surface area contributed by atoms with Crippen LogP contribution in [-0.4, -0.2) is 24.6 Å². The Bertz CT molecular complexity index is 3340. The van der Waals surface area contributed by atoms with Crippen molar-refractivity contribution in [3.8, 4) is 78.9 Å². The summed E-state index contributed by atoms with van der Waals surface area (Å²) in [5.74, 6) is 0.187. The fraction of sp³-hybridized carbons (Fsp3) is 0.136. The van der Waals surface area contributed by atoms with Gasteiger partial charge in [-0.1, -0.05) is 150 Å². The number of para-hydroxylation sites is 2. The number of hydrogen-bond donors (Lipinski definition) is 1. The largest absolute Gasteiger partial charge is 0.507 e. The summed E-state index contributed by atoms with van der Waals surface area (Å²) in [6.45, 7) is 13.6. The van der Waals surface area contributed by atoms with Crippen LogP contribution in [0.3, 0.4) is 0 Å². The molecule has 0 saturated carbocycles. The summed E-state index contributed by atoms with van der Waals surface area (Å²) in [6.07, 6.45) is 1.84. The molecule has 1 N–H and O–H groups in total. The molecule has 0 radical (unpaired) electrons. The van der Waals surface area contributed by atoms with Crippen LogP contribution in [0.4, 0.5) is 0 Å². The van der Waals surface area contributed by atoms with Crippen LogP contribution in [0.1, 0.15) is 52.7 Å². The van der Waals surface area contributed by atoms with E-state index in [9.17, 15) is 5.11 Å². The summed E-state index contributed by atoms with van der Waals surface area (Å²) in [5.41, 5.74) is 16.4. The van der Waals surface area contributed by atoms with E-state index in [0.717, 1.165) is 72.9 Å². The van der Waals surface area contributed by atoms with Crippen molar-refractivity contribution in [2.75, 3.05) is 0 Å². The number of aromatic hydroxyl groups is 1. The van der Waals surface area contributed by atoms with Crippen LogP contribution in [-0.2, 0) is 31.9 Å². The van der Waals surface area contributed by atoms with Gasteiger partial charge in [0.25, 0.3) is 0 Å². The summed E-state index contributed by atoms with van der Waals surface area (Å²) >= 11 is 0. The molecule has 10 aromatic rings. The normalized spacial score (nSPS) is 11.8. The zero-order valence-electron chi connectivity index (χ0n) is 37.4. The molecule has 6 heteroatoms. The molecule has 0 bridgehead atoms. The number of aromatic nitrogens is 4. The van der Waals surface area contributed by atoms with Gasteiger partial charge in [0.1, 0.15) is 5.75 Å². The molecule has 5 nitrogen and oxygen atoms in total. The van der Waals surface area contributed by atoms with Gasteiger partial charge in [-0.25, -0.2) is 0 Å². The summed E-state index contributed by atoms with van der Waals surface area (Å²) in [5, 5.41) is 13.4. The van der Waals surface area contributed by atoms with E-state index in [-0.39, 0.29) is 37.6 Å². The molecule has 0 fully saturated rings. The van der Waals surface area contributed by atoms with Crippen molar-refractivity contribution >= 4 is 21.8 Å². The summed E-state index contributed by atoms with van der Waals surface area (Å²) in [6, 6.07) is 64.5. The van der Waals surface area contributed by atoms with Crippen LogP contribution in [0.2, 0.25) is 0 Å².